The van der Waals surface area contributed by atoms with Gasteiger partial charge in [-0.2, -0.15) is 0 Å². The number of hydrogen-bond acceptors (Lipinski definition) is 1. The van der Waals surface area contributed by atoms with Crippen LogP contribution in [0.3, 0.4) is 0 Å². The minimum Gasteiger partial charge on any atom is -0.490 e. The lowest BCUT2D eigenvalue weighted by molar-refractivity contribution is 0.322. The summed E-state index contributed by atoms with van der Waals surface area (Å²) in [6.45, 7) is 0.586. The summed E-state index contributed by atoms with van der Waals surface area (Å²) in [6.07, 6.45) is 5.81. The van der Waals surface area contributed by atoms with E-state index in [1.54, 1.807) is 0 Å². The first-order valence-corrected chi connectivity index (χ1v) is 7.09. The fourth-order valence-corrected chi connectivity index (χ4v) is 4.77. The second-order valence-electron chi connectivity index (χ2n) is 2.50. The maximum Gasteiger partial charge on any atom is 0.146 e. The molecule has 0 aliphatic carbocycles. The molecule has 0 spiro atoms. The van der Waals surface area contributed by atoms with Crippen LogP contribution in [0.25, 0.3) is 0 Å². The molecule has 1 nitrogen and oxygen atoms in total. The van der Waals surface area contributed by atoms with E-state index in [-0.39, 0.29) is 0 Å². The van der Waals surface area contributed by atoms with Crippen molar-refractivity contribution in [2.24, 2.45) is 0 Å². The van der Waals surface area contributed by atoms with Crippen LogP contribution in [0.4, 0.5) is 0 Å². The third-order valence-electron chi connectivity index (χ3n) is 1.46. The summed E-state index contributed by atoms with van der Waals surface area (Å²) >= 11 is 6.85. The fraction of sp³-hybridized carbons (Fsp3) is 0.200. The summed E-state index contributed by atoms with van der Waals surface area (Å²) in [5, 5.41) is 0. The van der Waals surface area contributed by atoms with Crippen LogP contribution in [-0.2, 0) is 0 Å². The van der Waals surface area contributed by atoms with Crippen LogP contribution in [0.2, 0.25) is 0 Å². The maximum atomic E-state index is 5.60. The Balaban J connectivity index is 2.81. The minimum absolute atomic E-state index is 0.586. The van der Waals surface area contributed by atoms with Gasteiger partial charge in [0.2, 0.25) is 0 Å². The molecule has 0 atom stereocenters. The normalized spacial score (nSPS) is 9.57. The lowest BCUT2D eigenvalue weighted by atomic mass is 10.3. The van der Waals surface area contributed by atoms with Crippen molar-refractivity contribution in [1.29, 1.82) is 0 Å². The molecule has 14 heavy (non-hydrogen) atoms. The molecule has 0 aromatic heterocycles. The molecule has 1 rings (SSSR count). The molecule has 74 valence electrons. The van der Waals surface area contributed by atoms with E-state index in [0.29, 0.717) is 13.0 Å². The van der Waals surface area contributed by atoms with Crippen molar-refractivity contribution in [2.45, 2.75) is 6.42 Å². The average Bonchev–Trinajstić information content (AvgIpc) is 2.09. The monoisotopic (exact) mass is 524 g/mol. The molecule has 0 aliphatic heterocycles. The van der Waals surface area contributed by atoms with Crippen LogP contribution in [0.15, 0.2) is 12.1 Å². The molecule has 0 aliphatic rings. The van der Waals surface area contributed by atoms with Crippen LogP contribution in [0, 0.1) is 23.1 Å². The second-order valence-corrected chi connectivity index (χ2v) is 6.07. The van der Waals surface area contributed by atoms with E-state index >= 15 is 0 Å². The molecule has 0 N–H and O–H groups in total. The van der Waals surface area contributed by atoms with E-state index in [0.717, 1.165) is 12.9 Å². The molecular weight excluding hydrogens is 517 g/mol. The quantitative estimate of drug-likeness (QED) is 0.332. The lowest BCUT2D eigenvalue weighted by Crippen LogP contribution is -2.00. The van der Waals surface area contributed by atoms with E-state index in [9.17, 15) is 0 Å². The Hall–Kier alpha value is 0.770. The van der Waals surface area contributed by atoms with Crippen molar-refractivity contribution < 1.29 is 4.74 Å². The Bertz CT molecular complexity index is 345. The first kappa shape index (κ1) is 12.8. The van der Waals surface area contributed by atoms with Crippen molar-refractivity contribution in [3.8, 4) is 18.1 Å². The Labute approximate surface area is 125 Å². The molecule has 0 saturated heterocycles. The molecule has 0 radical (unpaired) electrons. The van der Waals surface area contributed by atoms with Gasteiger partial charge in [0.15, 0.2) is 0 Å². The number of ether oxygens (including phenoxy) is 1. The van der Waals surface area contributed by atoms with Crippen molar-refractivity contribution in [1.82, 2.24) is 0 Å². The Morgan fingerprint density at radius 3 is 2.29 bits per heavy atom. The van der Waals surface area contributed by atoms with E-state index in [4.69, 9.17) is 11.2 Å². The van der Waals surface area contributed by atoms with Crippen molar-refractivity contribution in [3.63, 3.8) is 0 Å². The van der Waals surface area contributed by atoms with Gasteiger partial charge >= 0.3 is 0 Å². The van der Waals surface area contributed by atoms with Crippen LogP contribution in [-0.4, -0.2) is 6.61 Å². The van der Waals surface area contributed by atoms with Crippen molar-refractivity contribution in [2.75, 3.05) is 6.61 Å². The number of terminal acetylenes is 1. The second kappa shape index (κ2) is 6.37. The zero-order valence-corrected chi connectivity index (χ0v) is 13.7. The molecular formula is C10H7I3O. The molecule has 0 saturated carbocycles. The molecule has 1 aromatic carbocycles. The Kier molecular flexibility index (Phi) is 5.84. The van der Waals surface area contributed by atoms with Crippen molar-refractivity contribution in [3.05, 3.63) is 22.8 Å². The molecule has 0 amide bonds. The number of hydrogen-bond donors (Lipinski definition) is 0. The van der Waals surface area contributed by atoms with Gasteiger partial charge in [-0.1, -0.05) is 0 Å². The molecule has 0 bridgehead atoms. The van der Waals surface area contributed by atoms with Gasteiger partial charge in [-0.05, 0) is 79.9 Å². The Morgan fingerprint density at radius 1 is 1.21 bits per heavy atom. The number of rotatable bonds is 3. The predicted octanol–water partition coefficient (Wildman–Crippen LogP) is 3.90. The summed E-state index contributed by atoms with van der Waals surface area (Å²) < 4.78 is 9.10. The highest BCUT2D eigenvalue weighted by molar-refractivity contribution is 14.1. The SMILES string of the molecule is C#CCCOc1c(I)cc(I)cc1I. The summed E-state index contributed by atoms with van der Waals surface area (Å²) in [5.74, 6) is 3.50. The average molecular weight is 524 g/mol. The summed E-state index contributed by atoms with van der Waals surface area (Å²) in [4.78, 5) is 0. The molecule has 0 unspecified atom stereocenters. The highest BCUT2D eigenvalue weighted by Gasteiger charge is 2.07. The van der Waals surface area contributed by atoms with Gasteiger partial charge in [-0.15, -0.1) is 12.3 Å². The topological polar surface area (TPSA) is 9.23 Å². The van der Waals surface area contributed by atoms with Gasteiger partial charge in [0.1, 0.15) is 5.75 Å². The summed E-state index contributed by atoms with van der Waals surface area (Å²) in [7, 11) is 0. The van der Waals surface area contributed by atoms with Gasteiger partial charge in [0, 0.05) is 9.99 Å². The minimum atomic E-state index is 0.586. The van der Waals surface area contributed by atoms with Gasteiger partial charge in [-0.25, -0.2) is 0 Å². The smallest absolute Gasteiger partial charge is 0.146 e. The zero-order chi connectivity index (χ0) is 10.6. The third kappa shape index (κ3) is 3.73. The summed E-state index contributed by atoms with van der Waals surface area (Å²) in [5.41, 5.74) is 0. The van der Waals surface area contributed by atoms with Crippen LogP contribution in [0.5, 0.6) is 5.75 Å². The number of benzene rings is 1. The molecule has 4 heteroatoms. The lowest BCUT2D eigenvalue weighted by Gasteiger charge is -2.09. The van der Waals surface area contributed by atoms with Crippen LogP contribution in [0.1, 0.15) is 6.42 Å². The first-order chi connectivity index (χ1) is 6.65. The fourth-order valence-electron chi connectivity index (χ4n) is 0.879. The highest BCUT2D eigenvalue weighted by Crippen LogP contribution is 2.29. The Morgan fingerprint density at radius 2 is 1.79 bits per heavy atom. The third-order valence-corrected chi connectivity index (χ3v) is 3.68. The van der Waals surface area contributed by atoms with E-state index in [1.165, 1.54) is 3.57 Å². The van der Waals surface area contributed by atoms with Gasteiger partial charge in [-0.3, -0.25) is 0 Å². The van der Waals surface area contributed by atoms with Gasteiger partial charge in [0.05, 0.1) is 13.7 Å². The van der Waals surface area contributed by atoms with E-state index in [2.05, 4.69) is 85.8 Å². The highest BCUT2D eigenvalue weighted by atomic mass is 127. The van der Waals surface area contributed by atoms with Gasteiger partial charge < -0.3 is 4.74 Å². The predicted molar refractivity (Wildman–Crippen MR) is 83.5 cm³/mol. The molecule has 0 heterocycles. The number of halogens is 3. The maximum absolute atomic E-state index is 5.60. The van der Waals surface area contributed by atoms with Crippen molar-refractivity contribution >= 4 is 67.8 Å². The van der Waals surface area contributed by atoms with Gasteiger partial charge in [0.25, 0.3) is 0 Å². The van der Waals surface area contributed by atoms with Crippen LogP contribution < -0.4 is 4.74 Å². The van der Waals surface area contributed by atoms with E-state index in [1.807, 2.05) is 0 Å². The first-order valence-electron chi connectivity index (χ1n) is 3.86. The zero-order valence-electron chi connectivity index (χ0n) is 7.19. The largest absolute Gasteiger partial charge is 0.490 e. The molecule has 1 aromatic rings. The van der Waals surface area contributed by atoms with E-state index < -0.39 is 0 Å². The standard InChI is InChI=1S/C10H7I3O/c1-2-3-4-14-10-8(12)5-7(11)6-9(10)13/h1,5-6H,3-4H2. The molecule has 0 fully saturated rings. The van der Waals surface area contributed by atoms with Crippen LogP contribution >= 0.6 is 67.8 Å². The summed E-state index contributed by atoms with van der Waals surface area (Å²) in [6, 6.07) is 4.18.